The predicted octanol–water partition coefficient (Wildman–Crippen LogP) is 1.94. The number of nitrogens with zero attached hydrogens (tertiary/aromatic N) is 2. The van der Waals surface area contributed by atoms with Gasteiger partial charge < -0.3 is 10.4 Å². The van der Waals surface area contributed by atoms with Gasteiger partial charge in [0.15, 0.2) is 0 Å². The summed E-state index contributed by atoms with van der Waals surface area (Å²) in [5.41, 5.74) is 0.820. The Morgan fingerprint density at radius 3 is 2.65 bits per heavy atom. The van der Waals surface area contributed by atoms with Gasteiger partial charge in [-0.1, -0.05) is 0 Å². The molecule has 0 bridgehead atoms. The SMILES string of the molecule is Cc1cc(C2CC2)nc(NC(C)(C)C(=O)O)n1. The second-order valence-electron chi connectivity index (χ2n) is 5.09. The summed E-state index contributed by atoms with van der Waals surface area (Å²) in [5, 5.41) is 11.9. The average molecular weight is 235 g/mol. The largest absolute Gasteiger partial charge is 0.480 e. The zero-order valence-corrected chi connectivity index (χ0v) is 10.3. The van der Waals surface area contributed by atoms with Crippen LogP contribution in [0.5, 0.6) is 0 Å². The first kappa shape index (κ1) is 11.8. The summed E-state index contributed by atoms with van der Waals surface area (Å²) >= 11 is 0. The summed E-state index contributed by atoms with van der Waals surface area (Å²) < 4.78 is 0. The van der Waals surface area contributed by atoms with E-state index in [1.807, 2.05) is 13.0 Å². The first-order valence-corrected chi connectivity index (χ1v) is 5.75. The molecule has 0 saturated heterocycles. The number of aryl methyl sites for hydroxylation is 1. The van der Waals surface area contributed by atoms with Crippen molar-refractivity contribution in [3.63, 3.8) is 0 Å². The Morgan fingerprint density at radius 2 is 2.12 bits per heavy atom. The van der Waals surface area contributed by atoms with Crippen LogP contribution in [0.1, 0.15) is 44.0 Å². The Kier molecular flexibility index (Phi) is 2.77. The summed E-state index contributed by atoms with van der Waals surface area (Å²) in [6, 6.07) is 1.97. The third kappa shape index (κ3) is 2.72. The Labute approximate surface area is 100 Å². The van der Waals surface area contributed by atoms with E-state index in [0.717, 1.165) is 24.2 Å². The second-order valence-corrected chi connectivity index (χ2v) is 5.09. The van der Waals surface area contributed by atoms with Crippen molar-refractivity contribution in [3.8, 4) is 0 Å². The molecule has 1 saturated carbocycles. The van der Waals surface area contributed by atoms with E-state index >= 15 is 0 Å². The molecule has 0 atom stereocenters. The van der Waals surface area contributed by atoms with Crippen LogP contribution in [-0.4, -0.2) is 26.6 Å². The molecule has 0 unspecified atom stereocenters. The van der Waals surface area contributed by atoms with Crippen molar-refractivity contribution in [3.05, 3.63) is 17.5 Å². The third-order valence-electron chi connectivity index (χ3n) is 2.83. The molecule has 5 heteroatoms. The number of carboxylic acid groups (broad SMARTS) is 1. The lowest BCUT2D eigenvalue weighted by atomic mass is 10.1. The Bertz CT molecular complexity index is 453. The summed E-state index contributed by atoms with van der Waals surface area (Å²) in [6.07, 6.45) is 2.33. The molecule has 1 aliphatic rings. The topological polar surface area (TPSA) is 75.1 Å². The second kappa shape index (κ2) is 3.98. The number of carbonyl (C=O) groups is 1. The van der Waals surface area contributed by atoms with E-state index in [0.29, 0.717) is 11.9 Å². The van der Waals surface area contributed by atoms with E-state index in [2.05, 4.69) is 15.3 Å². The first-order valence-electron chi connectivity index (χ1n) is 5.75. The number of anilines is 1. The summed E-state index contributed by atoms with van der Waals surface area (Å²) in [6.45, 7) is 5.09. The molecular formula is C12H17N3O2. The Balaban J connectivity index is 2.23. The summed E-state index contributed by atoms with van der Waals surface area (Å²) in [5.74, 6) is 0.0140. The molecule has 92 valence electrons. The molecule has 1 heterocycles. The lowest BCUT2D eigenvalue weighted by molar-refractivity contribution is -0.141. The van der Waals surface area contributed by atoms with Crippen LogP contribution in [0.15, 0.2) is 6.07 Å². The molecule has 5 nitrogen and oxygen atoms in total. The number of carboxylic acids is 1. The van der Waals surface area contributed by atoms with Crippen LogP contribution in [0.25, 0.3) is 0 Å². The number of aromatic nitrogens is 2. The van der Waals surface area contributed by atoms with Crippen molar-refractivity contribution in [2.45, 2.75) is 45.1 Å². The van der Waals surface area contributed by atoms with Crippen molar-refractivity contribution < 1.29 is 9.90 Å². The lowest BCUT2D eigenvalue weighted by Crippen LogP contribution is -2.40. The van der Waals surface area contributed by atoms with Crippen molar-refractivity contribution >= 4 is 11.9 Å². The van der Waals surface area contributed by atoms with Crippen LogP contribution in [0.4, 0.5) is 5.95 Å². The van der Waals surface area contributed by atoms with Gasteiger partial charge >= 0.3 is 5.97 Å². The molecule has 0 aromatic carbocycles. The van der Waals surface area contributed by atoms with E-state index in [-0.39, 0.29) is 0 Å². The van der Waals surface area contributed by atoms with Gasteiger partial charge in [0.25, 0.3) is 0 Å². The zero-order valence-electron chi connectivity index (χ0n) is 10.3. The van der Waals surface area contributed by atoms with Gasteiger partial charge in [0.05, 0.1) is 0 Å². The highest BCUT2D eigenvalue weighted by Crippen LogP contribution is 2.39. The fourth-order valence-corrected chi connectivity index (χ4v) is 1.57. The highest BCUT2D eigenvalue weighted by atomic mass is 16.4. The fourth-order valence-electron chi connectivity index (χ4n) is 1.57. The van der Waals surface area contributed by atoms with Gasteiger partial charge in [-0.3, -0.25) is 0 Å². The molecule has 2 N–H and O–H groups in total. The van der Waals surface area contributed by atoms with Crippen LogP contribution < -0.4 is 5.32 Å². The van der Waals surface area contributed by atoms with Gasteiger partial charge in [-0.05, 0) is 39.7 Å². The monoisotopic (exact) mass is 235 g/mol. The molecule has 0 radical (unpaired) electrons. The number of nitrogens with one attached hydrogen (secondary N) is 1. The Hall–Kier alpha value is -1.65. The minimum absolute atomic E-state index is 0.402. The minimum Gasteiger partial charge on any atom is -0.480 e. The molecule has 0 amide bonds. The van der Waals surface area contributed by atoms with Gasteiger partial charge in [-0.15, -0.1) is 0 Å². The van der Waals surface area contributed by atoms with Gasteiger partial charge in [0.1, 0.15) is 5.54 Å². The molecule has 1 fully saturated rings. The van der Waals surface area contributed by atoms with E-state index in [1.54, 1.807) is 13.8 Å². The van der Waals surface area contributed by atoms with Crippen LogP contribution in [0.2, 0.25) is 0 Å². The van der Waals surface area contributed by atoms with Crippen molar-refractivity contribution in [1.82, 2.24) is 9.97 Å². The maximum atomic E-state index is 11.0. The number of aliphatic carboxylic acids is 1. The highest BCUT2D eigenvalue weighted by Gasteiger charge is 2.29. The number of hydrogen-bond donors (Lipinski definition) is 2. The van der Waals surface area contributed by atoms with Crippen LogP contribution in [-0.2, 0) is 4.79 Å². The predicted molar refractivity (Wildman–Crippen MR) is 64.1 cm³/mol. The molecule has 1 aromatic heterocycles. The van der Waals surface area contributed by atoms with Gasteiger partial charge in [0.2, 0.25) is 5.95 Å². The van der Waals surface area contributed by atoms with Crippen LogP contribution in [0, 0.1) is 6.92 Å². The summed E-state index contributed by atoms with van der Waals surface area (Å²) in [4.78, 5) is 19.6. The van der Waals surface area contributed by atoms with Crippen molar-refractivity contribution in [2.24, 2.45) is 0 Å². The van der Waals surface area contributed by atoms with Crippen LogP contribution >= 0.6 is 0 Å². The molecule has 17 heavy (non-hydrogen) atoms. The zero-order chi connectivity index (χ0) is 12.6. The standard InChI is InChI=1S/C12H17N3O2/c1-7-6-9(8-4-5-8)14-11(13-7)15-12(2,3)10(16)17/h6,8H,4-5H2,1-3H3,(H,16,17)(H,13,14,15). The van der Waals surface area contributed by atoms with Crippen molar-refractivity contribution in [2.75, 3.05) is 5.32 Å². The molecule has 0 aliphatic heterocycles. The molecule has 0 spiro atoms. The quantitative estimate of drug-likeness (QED) is 0.834. The first-order chi connectivity index (χ1) is 7.88. The van der Waals surface area contributed by atoms with Gasteiger partial charge in [-0.25, -0.2) is 14.8 Å². The smallest absolute Gasteiger partial charge is 0.328 e. The minimum atomic E-state index is -1.06. The highest BCUT2D eigenvalue weighted by molar-refractivity contribution is 5.80. The molecule has 1 aromatic rings. The van der Waals surface area contributed by atoms with Crippen LogP contribution in [0.3, 0.4) is 0 Å². The Morgan fingerprint density at radius 1 is 1.47 bits per heavy atom. The van der Waals surface area contributed by atoms with Gasteiger partial charge in [0, 0.05) is 17.3 Å². The maximum absolute atomic E-state index is 11.0. The molecule has 2 rings (SSSR count). The fraction of sp³-hybridized carbons (Fsp3) is 0.583. The average Bonchev–Trinajstić information content (AvgIpc) is 2.98. The van der Waals surface area contributed by atoms with Crippen molar-refractivity contribution in [1.29, 1.82) is 0 Å². The van der Waals surface area contributed by atoms with E-state index in [4.69, 9.17) is 5.11 Å². The normalized spacial score (nSPS) is 15.7. The van der Waals surface area contributed by atoms with E-state index in [1.165, 1.54) is 0 Å². The number of rotatable bonds is 4. The maximum Gasteiger partial charge on any atom is 0.328 e. The summed E-state index contributed by atoms with van der Waals surface area (Å²) in [7, 11) is 0. The van der Waals surface area contributed by atoms with E-state index < -0.39 is 11.5 Å². The molecule has 1 aliphatic carbocycles. The lowest BCUT2D eigenvalue weighted by Gasteiger charge is -2.21. The number of hydrogen-bond acceptors (Lipinski definition) is 4. The van der Waals surface area contributed by atoms with Gasteiger partial charge in [-0.2, -0.15) is 0 Å². The third-order valence-corrected chi connectivity index (χ3v) is 2.83. The van der Waals surface area contributed by atoms with E-state index in [9.17, 15) is 4.79 Å². The molecular weight excluding hydrogens is 218 g/mol.